The maximum Gasteiger partial charge on any atom is 0.410 e. The molecule has 156 valence electrons. The lowest BCUT2D eigenvalue weighted by atomic mass is 9.88. The van der Waals surface area contributed by atoms with E-state index in [0.717, 1.165) is 5.56 Å². The zero-order valence-electron chi connectivity index (χ0n) is 17.4. The predicted octanol–water partition coefficient (Wildman–Crippen LogP) is 5.35. The fraction of sp³-hybridized carbons (Fsp3) is 0.222. The molecule has 0 bridgehead atoms. The van der Waals surface area contributed by atoms with Crippen molar-refractivity contribution in [3.63, 3.8) is 0 Å². The highest BCUT2D eigenvalue weighted by Gasteiger charge is 2.43. The van der Waals surface area contributed by atoms with Crippen LogP contribution >= 0.6 is 0 Å². The van der Waals surface area contributed by atoms with E-state index in [0.29, 0.717) is 26.4 Å². The second-order valence-electron chi connectivity index (χ2n) is 8.00. The van der Waals surface area contributed by atoms with Gasteiger partial charge in [0.05, 0.1) is 13.2 Å². The van der Waals surface area contributed by atoms with Crippen molar-refractivity contribution in [2.75, 3.05) is 26.4 Å². The number of carbonyl (C=O) groups is 1. The van der Waals surface area contributed by atoms with Gasteiger partial charge in [-0.05, 0) is 27.8 Å². The van der Waals surface area contributed by atoms with E-state index in [1.807, 2.05) is 42.5 Å². The smallest absolute Gasteiger partial charge is 0.410 e. The number of carbonyl (C=O) groups excluding carboxylic acids is 1. The van der Waals surface area contributed by atoms with Gasteiger partial charge in [-0.3, -0.25) is 4.90 Å². The van der Waals surface area contributed by atoms with Crippen LogP contribution in [-0.2, 0) is 15.0 Å². The van der Waals surface area contributed by atoms with E-state index in [1.54, 1.807) is 11.0 Å². The molecule has 1 unspecified atom stereocenters. The predicted molar refractivity (Wildman–Crippen MR) is 121 cm³/mol. The minimum atomic E-state index is -0.734. The van der Waals surface area contributed by atoms with Gasteiger partial charge >= 0.3 is 6.09 Å². The summed E-state index contributed by atoms with van der Waals surface area (Å²) in [7, 11) is 0. The van der Waals surface area contributed by atoms with Gasteiger partial charge in [0.15, 0.2) is 0 Å². The van der Waals surface area contributed by atoms with Crippen molar-refractivity contribution in [1.82, 2.24) is 4.90 Å². The molecule has 5 rings (SSSR count). The van der Waals surface area contributed by atoms with Crippen LogP contribution in [0.1, 0.15) is 22.6 Å². The highest BCUT2D eigenvalue weighted by molar-refractivity contribution is 5.79. The summed E-state index contributed by atoms with van der Waals surface area (Å²) in [4.78, 5) is 15.1. The summed E-state index contributed by atoms with van der Waals surface area (Å²) in [6, 6.07) is 26.6. The Morgan fingerprint density at radius 3 is 2.26 bits per heavy atom. The molecule has 1 saturated heterocycles. The van der Waals surface area contributed by atoms with Crippen LogP contribution in [0.5, 0.6) is 0 Å². The second-order valence-corrected chi connectivity index (χ2v) is 8.00. The Morgan fingerprint density at radius 2 is 1.61 bits per heavy atom. The summed E-state index contributed by atoms with van der Waals surface area (Å²) in [5.74, 6) is 0.0345. The molecule has 3 aromatic carbocycles. The van der Waals surface area contributed by atoms with Crippen molar-refractivity contribution in [3.05, 3.63) is 108 Å². The lowest BCUT2D eigenvalue weighted by Crippen LogP contribution is -2.56. The van der Waals surface area contributed by atoms with E-state index in [1.165, 1.54) is 22.3 Å². The molecule has 4 nitrogen and oxygen atoms in total. The first-order valence-electron chi connectivity index (χ1n) is 10.6. The van der Waals surface area contributed by atoms with Crippen LogP contribution < -0.4 is 0 Å². The highest BCUT2D eigenvalue weighted by atomic mass is 16.6. The van der Waals surface area contributed by atoms with Crippen molar-refractivity contribution < 1.29 is 14.3 Å². The number of morpholine rings is 1. The number of fused-ring (bicyclic) bond motifs is 3. The van der Waals surface area contributed by atoms with Gasteiger partial charge in [0.25, 0.3) is 0 Å². The van der Waals surface area contributed by atoms with Crippen molar-refractivity contribution in [2.45, 2.75) is 11.5 Å². The van der Waals surface area contributed by atoms with Crippen LogP contribution in [0, 0.1) is 0 Å². The zero-order valence-corrected chi connectivity index (χ0v) is 17.4. The first-order chi connectivity index (χ1) is 15.2. The van der Waals surface area contributed by atoms with Crippen LogP contribution in [0.3, 0.4) is 0 Å². The van der Waals surface area contributed by atoms with Gasteiger partial charge in [0, 0.05) is 12.5 Å². The first-order valence-corrected chi connectivity index (χ1v) is 10.6. The second kappa shape index (κ2) is 8.05. The molecule has 3 aromatic rings. The Kier molecular flexibility index (Phi) is 5.08. The van der Waals surface area contributed by atoms with Crippen LogP contribution in [0.2, 0.25) is 0 Å². The molecule has 0 saturated carbocycles. The summed E-state index contributed by atoms with van der Waals surface area (Å²) >= 11 is 0. The lowest BCUT2D eigenvalue weighted by Gasteiger charge is -2.44. The average molecular weight is 412 g/mol. The van der Waals surface area contributed by atoms with E-state index in [9.17, 15) is 4.79 Å². The van der Waals surface area contributed by atoms with Crippen molar-refractivity contribution in [2.24, 2.45) is 0 Å². The molecule has 1 aliphatic heterocycles. The lowest BCUT2D eigenvalue weighted by molar-refractivity contribution is -0.0436. The molecule has 1 fully saturated rings. The Balaban J connectivity index is 1.41. The maximum absolute atomic E-state index is 13.3. The molecule has 1 amide bonds. The van der Waals surface area contributed by atoms with Gasteiger partial charge in [-0.25, -0.2) is 4.79 Å². The number of amides is 1. The van der Waals surface area contributed by atoms with Crippen molar-refractivity contribution in [1.29, 1.82) is 0 Å². The number of hydrogen-bond donors (Lipinski definition) is 0. The molecule has 0 N–H and O–H groups in total. The number of nitrogens with zero attached hydrogens (tertiary/aromatic N) is 1. The molecular weight excluding hydrogens is 386 g/mol. The fourth-order valence-electron chi connectivity index (χ4n) is 4.84. The van der Waals surface area contributed by atoms with Crippen molar-refractivity contribution in [3.8, 4) is 11.1 Å². The minimum Gasteiger partial charge on any atom is -0.448 e. The zero-order chi connectivity index (χ0) is 21.3. The standard InChI is InChI=1S/C27H25NO3/c1-2-27(20-10-4-3-5-11-20)19-30-17-16-28(27)26(29)31-18-25-23-14-8-6-12-21(23)22-13-7-9-15-24(22)25/h2-15,25H,1,16-19H2. The summed E-state index contributed by atoms with van der Waals surface area (Å²) in [5.41, 5.74) is 5.08. The Hall–Kier alpha value is -3.37. The topological polar surface area (TPSA) is 38.8 Å². The fourth-order valence-corrected chi connectivity index (χ4v) is 4.84. The summed E-state index contributed by atoms with van der Waals surface area (Å²) in [6.45, 7) is 5.63. The van der Waals surface area contributed by atoms with Crippen LogP contribution in [0.25, 0.3) is 11.1 Å². The molecule has 4 heteroatoms. The molecule has 1 heterocycles. The third kappa shape index (κ3) is 3.24. The molecule has 0 aromatic heterocycles. The molecule has 2 aliphatic rings. The number of rotatable bonds is 4. The SMILES string of the molecule is C=CC1(c2ccccc2)COCCN1C(=O)OCC1c2ccccc2-c2ccccc21. The third-order valence-electron chi connectivity index (χ3n) is 6.43. The quantitative estimate of drug-likeness (QED) is 0.543. The van der Waals surface area contributed by atoms with Gasteiger partial charge in [0.2, 0.25) is 0 Å². The van der Waals surface area contributed by atoms with Crippen LogP contribution in [-0.4, -0.2) is 37.4 Å². The molecule has 0 radical (unpaired) electrons. The maximum atomic E-state index is 13.3. The van der Waals surface area contributed by atoms with Gasteiger partial charge < -0.3 is 9.47 Å². The normalized spacial score (nSPS) is 20.1. The molecule has 1 atom stereocenters. The molecule has 1 aliphatic carbocycles. The molecule has 0 spiro atoms. The number of hydrogen-bond acceptors (Lipinski definition) is 3. The van der Waals surface area contributed by atoms with Gasteiger partial charge in [0.1, 0.15) is 12.1 Å². The number of benzene rings is 3. The van der Waals surface area contributed by atoms with Crippen LogP contribution in [0.4, 0.5) is 4.79 Å². The first kappa shape index (κ1) is 19.6. The Labute approximate surface area is 182 Å². The molecule has 31 heavy (non-hydrogen) atoms. The van der Waals surface area contributed by atoms with E-state index in [-0.39, 0.29) is 12.0 Å². The molecular formula is C27H25NO3. The monoisotopic (exact) mass is 411 g/mol. The van der Waals surface area contributed by atoms with E-state index in [4.69, 9.17) is 9.47 Å². The summed E-state index contributed by atoms with van der Waals surface area (Å²) < 4.78 is 11.7. The van der Waals surface area contributed by atoms with E-state index in [2.05, 4.69) is 43.0 Å². The van der Waals surface area contributed by atoms with Gasteiger partial charge in [-0.2, -0.15) is 0 Å². The summed E-state index contributed by atoms with van der Waals surface area (Å²) in [6.07, 6.45) is 1.46. The van der Waals surface area contributed by atoms with E-state index >= 15 is 0 Å². The van der Waals surface area contributed by atoms with Gasteiger partial charge in [-0.1, -0.05) is 84.9 Å². The number of ether oxygens (including phenoxy) is 2. The highest BCUT2D eigenvalue weighted by Crippen LogP contribution is 2.44. The average Bonchev–Trinajstić information content (AvgIpc) is 3.16. The largest absolute Gasteiger partial charge is 0.448 e. The summed E-state index contributed by atoms with van der Waals surface area (Å²) in [5, 5.41) is 0. The Morgan fingerprint density at radius 1 is 1.00 bits per heavy atom. The Bertz CT molecular complexity index is 1060. The third-order valence-corrected chi connectivity index (χ3v) is 6.43. The van der Waals surface area contributed by atoms with Gasteiger partial charge in [-0.15, -0.1) is 6.58 Å². The van der Waals surface area contributed by atoms with Crippen LogP contribution in [0.15, 0.2) is 91.5 Å². The minimum absolute atomic E-state index is 0.0345. The van der Waals surface area contributed by atoms with Crippen molar-refractivity contribution >= 4 is 6.09 Å². The van der Waals surface area contributed by atoms with E-state index < -0.39 is 5.54 Å².